The minimum atomic E-state index is -0.742. The van der Waals surface area contributed by atoms with Gasteiger partial charge in [0.25, 0.3) is 0 Å². The number of aliphatic hydroxyl groups is 1. The maximum absolute atomic E-state index is 16.1. The number of phenols is 1. The molecule has 0 bridgehead atoms. The molecule has 1 atom stereocenters. The minimum Gasteiger partial charge on any atom is -0.508 e. The van der Waals surface area contributed by atoms with Crippen molar-refractivity contribution < 1.29 is 28.5 Å². The van der Waals surface area contributed by atoms with Crippen LogP contribution in [0.25, 0.3) is 32.8 Å². The number of aliphatic hydroxyl groups excluding tert-OH is 1. The molecule has 2 heterocycles. The van der Waals surface area contributed by atoms with Crippen LogP contribution in [0.15, 0.2) is 36.4 Å². The standard InChI is InChI=1S/C26H21F2N3O4/c1-3-17-21(27)7-4-14-10-15(32)11-20(22(14)17)18-5-6-19-24(23(18)28)29-26(34-2)30-25(19)31-8-9-35-13-16(33)12-31/h1,4-7,10-11,16,32-33H,8-9,12-13H2,2H3. The monoisotopic (exact) mass is 477 g/mol. The van der Waals surface area contributed by atoms with Crippen LogP contribution in [-0.2, 0) is 4.74 Å². The lowest BCUT2D eigenvalue weighted by Gasteiger charge is -2.24. The van der Waals surface area contributed by atoms with E-state index in [9.17, 15) is 14.6 Å². The molecule has 1 aliphatic heterocycles. The Morgan fingerprint density at radius 3 is 2.77 bits per heavy atom. The number of nitrogens with zero attached hydrogens (tertiary/aromatic N) is 3. The molecule has 9 heteroatoms. The van der Waals surface area contributed by atoms with Crippen LogP contribution in [0.4, 0.5) is 14.6 Å². The highest BCUT2D eigenvalue weighted by atomic mass is 19.1. The normalized spacial score (nSPS) is 16.3. The number of hydrogen-bond donors (Lipinski definition) is 2. The molecule has 1 saturated heterocycles. The molecule has 0 saturated carbocycles. The van der Waals surface area contributed by atoms with Crippen LogP contribution in [0, 0.1) is 24.0 Å². The number of methoxy groups -OCH3 is 1. The van der Waals surface area contributed by atoms with Crippen molar-refractivity contribution in [3.05, 3.63) is 53.6 Å². The predicted octanol–water partition coefficient (Wildman–Crippen LogP) is 3.62. The molecular weight excluding hydrogens is 456 g/mol. The Kier molecular flexibility index (Phi) is 5.84. The van der Waals surface area contributed by atoms with Gasteiger partial charge in [0.2, 0.25) is 0 Å². The van der Waals surface area contributed by atoms with E-state index in [1.165, 1.54) is 37.4 Å². The summed E-state index contributed by atoms with van der Waals surface area (Å²) in [6.07, 6.45) is 4.83. The van der Waals surface area contributed by atoms with Gasteiger partial charge in [-0.3, -0.25) is 0 Å². The second kappa shape index (κ2) is 8.98. The molecule has 178 valence electrons. The minimum absolute atomic E-state index is 0.0286. The highest BCUT2D eigenvalue weighted by molar-refractivity contribution is 6.04. The lowest BCUT2D eigenvalue weighted by atomic mass is 9.93. The van der Waals surface area contributed by atoms with E-state index in [4.69, 9.17) is 15.9 Å². The van der Waals surface area contributed by atoms with E-state index in [0.717, 1.165) is 0 Å². The molecule has 0 radical (unpaired) electrons. The van der Waals surface area contributed by atoms with Gasteiger partial charge in [0.15, 0.2) is 5.82 Å². The first-order valence-electron chi connectivity index (χ1n) is 10.9. The molecule has 1 aromatic heterocycles. The number of terminal acetylenes is 1. The maximum Gasteiger partial charge on any atom is 0.318 e. The average molecular weight is 477 g/mol. The van der Waals surface area contributed by atoms with Gasteiger partial charge in [-0.1, -0.05) is 18.1 Å². The van der Waals surface area contributed by atoms with E-state index in [1.54, 1.807) is 11.0 Å². The number of aromatic nitrogens is 2. The van der Waals surface area contributed by atoms with Crippen LogP contribution in [0.1, 0.15) is 5.56 Å². The molecule has 0 spiro atoms. The molecule has 1 unspecified atom stereocenters. The van der Waals surface area contributed by atoms with Gasteiger partial charge in [-0.25, -0.2) is 8.78 Å². The van der Waals surface area contributed by atoms with Crippen molar-refractivity contribution in [2.24, 2.45) is 0 Å². The summed E-state index contributed by atoms with van der Waals surface area (Å²) in [6, 6.07) is 8.57. The van der Waals surface area contributed by atoms with Crippen molar-refractivity contribution in [1.29, 1.82) is 0 Å². The summed E-state index contributed by atoms with van der Waals surface area (Å²) in [5.74, 6) is 1.26. The third-order valence-corrected chi connectivity index (χ3v) is 5.98. The Morgan fingerprint density at radius 2 is 2.00 bits per heavy atom. The number of ether oxygens (including phenoxy) is 2. The maximum atomic E-state index is 16.1. The Balaban J connectivity index is 1.78. The quantitative estimate of drug-likeness (QED) is 0.436. The number of β-amino-alcohol motifs (C(OH)–C–C–N with tert-alkyl or cyclic N) is 1. The smallest absolute Gasteiger partial charge is 0.318 e. The second-order valence-corrected chi connectivity index (χ2v) is 8.19. The number of aromatic hydroxyl groups is 1. The fourth-order valence-electron chi connectivity index (χ4n) is 4.43. The topological polar surface area (TPSA) is 87.9 Å². The molecule has 2 N–H and O–H groups in total. The molecule has 1 aliphatic rings. The number of hydrogen-bond acceptors (Lipinski definition) is 7. The number of rotatable bonds is 3. The molecular formula is C26H21F2N3O4. The van der Waals surface area contributed by atoms with Gasteiger partial charge in [-0.2, -0.15) is 9.97 Å². The van der Waals surface area contributed by atoms with Gasteiger partial charge >= 0.3 is 6.01 Å². The third-order valence-electron chi connectivity index (χ3n) is 5.98. The van der Waals surface area contributed by atoms with E-state index in [1.807, 2.05) is 0 Å². The first kappa shape index (κ1) is 22.8. The summed E-state index contributed by atoms with van der Waals surface area (Å²) in [7, 11) is 1.37. The highest BCUT2D eigenvalue weighted by Crippen LogP contribution is 2.39. The van der Waals surface area contributed by atoms with Gasteiger partial charge < -0.3 is 24.6 Å². The number of halogens is 2. The Labute approximate surface area is 199 Å². The van der Waals surface area contributed by atoms with Crippen LogP contribution in [0.3, 0.4) is 0 Å². The van der Waals surface area contributed by atoms with Crippen molar-refractivity contribution >= 4 is 27.5 Å². The molecule has 1 fully saturated rings. The van der Waals surface area contributed by atoms with Crippen LogP contribution < -0.4 is 9.64 Å². The summed E-state index contributed by atoms with van der Waals surface area (Å²) in [6.45, 7) is 1.22. The van der Waals surface area contributed by atoms with Crippen LogP contribution in [0.5, 0.6) is 11.8 Å². The zero-order chi connectivity index (χ0) is 24.7. The second-order valence-electron chi connectivity index (χ2n) is 8.19. The summed E-state index contributed by atoms with van der Waals surface area (Å²) >= 11 is 0. The first-order chi connectivity index (χ1) is 16.9. The zero-order valence-corrected chi connectivity index (χ0v) is 18.8. The van der Waals surface area contributed by atoms with E-state index in [2.05, 4.69) is 15.9 Å². The van der Waals surface area contributed by atoms with Crippen molar-refractivity contribution in [3.8, 4) is 35.2 Å². The van der Waals surface area contributed by atoms with Crippen molar-refractivity contribution in [2.45, 2.75) is 6.10 Å². The molecule has 4 aromatic rings. The van der Waals surface area contributed by atoms with Crippen molar-refractivity contribution in [1.82, 2.24) is 9.97 Å². The van der Waals surface area contributed by atoms with E-state index >= 15 is 4.39 Å². The Morgan fingerprint density at radius 1 is 1.17 bits per heavy atom. The SMILES string of the molecule is C#Cc1c(F)ccc2cc(O)cc(-c3ccc4c(N5CCOCC(O)C5)nc(OC)nc4c3F)c12. The molecule has 3 aromatic carbocycles. The fourth-order valence-corrected chi connectivity index (χ4v) is 4.43. The zero-order valence-electron chi connectivity index (χ0n) is 18.8. The van der Waals surface area contributed by atoms with Gasteiger partial charge in [0, 0.05) is 29.4 Å². The Bertz CT molecular complexity index is 1500. The summed E-state index contributed by atoms with van der Waals surface area (Å²) in [5, 5.41) is 21.6. The summed E-state index contributed by atoms with van der Waals surface area (Å²) in [4.78, 5) is 10.4. The van der Waals surface area contributed by atoms with Gasteiger partial charge in [0.1, 0.15) is 22.9 Å². The van der Waals surface area contributed by atoms with Gasteiger partial charge in [-0.15, -0.1) is 6.42 Å². The largest absolute Gasteiger partial charge is 0.508 e. The first-order valence-corrected chi connectivity index (χ1v) is 10.9. The fraction of sp³-hybridized carbons (Fsp3) is 0.231. The predicted molar refractivity (Wildman–Crippen MR) is 128 cm³/mol. The molecule has 0 amide bonds. The Hall–Kier alpha value is -4.00. The van der Waals surface area contributed by atoms with Gasteiger partial charge in [0.05, 0.1) is 32.0 Å². The molecule has 7 nitrogen and oxygen atoms in total. The van der Waals surface area contributed by atoms with Crippen molar-refractivity contribution in [2.75, 3.05) is 38.3 Å². The number of fused-ring (bicyclic) bond motifs is 2. The van der Waals surface area contributed by atoms with E-state index in [-0.39, 0.29) is 47.1 Å². The number of phenolic OH excluding ortho intramolecular Hbond substituents is 1. The van der Waals surface area contributed by atoms with Crippen LogP contribution in [0.2, 0.25) is 0 Å². The summed E-state index contributed by atoms with van der Waals surface area (Å²) in [5.41, 5.74) is 0.242. The van der Waals surface area contributed by atoms with Gasteiger partial charge in [-0.05, 0) is 35.2 Å². The lowest BCUT2D eigenvalue weighted by molar-refractivity contribution is 0.0597. The van der Waals surface area contributed by atoms with E-state index in [0.29, 0.717) is 35.1 Å². The molecule has 0 aliphatic carbocycles. The third kappa shape index (κ3) is 3.97. The summed E-state index contributed by atoms with van der Waals surface area (Å²) < 4.78 is 41.3. The van der Waals surface area contributed by atoms with E-state index < -0.39 is 17.7 Å². The highest BCUT2D eigenvalue weighted by Gasteiger charge is 2.24. The number of anilines is 1. The van der Waals surface area contributed by atoms with Crippen molar-refractivity contribution in [3.63, 3.8) is 0 Å². The molecule has 5 rings (SSSR count). The number of benzene rings is 3. The molecule has 35 heavy (non-hydrogen) atoms. The lowest BCUT2D eigenvalue weighted by Crippen LogP contribution is -2.33. The average Bonchev–Trinajstić information content (AvgIpc) is 3.07. The van der Waals surface area contributed by atoms with Crippen LogP contribution >= 0.6 is 0 Å². The van der Waals surface area contributed by atoms with Crippen LogP contribution in [-0.4, -0.2) is 59.7 Å².